The third-order valence-electron chi connectivity index (χ3n) is 3.25. The minimum atomic E-state index is -3.84. The highest BCUT2D eigenvalue weighted by molar-refractivity contribution is 7.94. The van der Waals surface area contributed by atoms with Crippen molar-refractivity contribution in [1.29, 1.82) is 0 Å². The van der Waals surface area contributed by atoms with Gasteiger partial charge in [-0.05, 0) is 18.2 Å². The van der Waals surface area contributed by atoms with Crippen LogP contribution in [0.25, 0.3) is 11.1 Å². The Labute approximate surface area is 148 Å². The summed E-state index contributed by atoms with van der Waals surface area (Å²) in [4.78, 5) is 0.131. The second-order valence-electron chi connectivity index (χ2n) is 4.68. The average Bonchev–Trinajstić information content (AvgIpc) is 3.04. The van der Waals surface area contributed by atoms with Gasteiger partial charge in [-0.25, -0.2) is 0 Å². The van der Waals surface area contributed by atoms with E-state index in [1.165, 1.54) is 23.5 Å². The largest absolute Gasteiger partial charge is 0.278 e. The van der Waals surface area contributed by atoms with Crippen LogP contribution in [0, 0.1) is 0 Å². The Morgan fingerprint density at radius 3 is 2.22 bits per heavy atom. The molecule has 3 aromatic rings. The van der Waals surface area contributed by atoms with Crippen molar-refractivity contribution in [3.05, 3.63) is 70.4 Å². The van der Waals surface area contributed by atoms with Gasteiger partial charge >= 0.3 is 0 Å². The predicted octanol–water partition coefficient (Wildman–Crippen LogP) is 5.42. The van der Waals surface area contributed by atoms with Gasteiger partial charge in [0.2, 0.25) is 0 Å². The number of thiophene rings is 1. The summed E-state index contributed by atoms with van der Waals surface area (Å²) in [6, 6.07) is 15.3. The lowest BCUT2D eigenvalue weighted by Gasteiger charge is -2.17. The number of hydrogen-bond donors (Lipinski definition) is 0. The molecule has 0 aliphatic rings. The van der Waals surface area contributed by atoms with Crippen molar-refractivity contribution in [1.82, 2.24) is 0 Å². The van der Waals surface area contributed by atoms with Gasteiger partial charge in [-0.2, -0.15) is 12.2 Å². The van der Waals surface area contributed by atoms with Gasteiger partial charge in [-0.3, -0.25) is 0 Å². The van der Waals surface area contributed by atoms with E-state index < -0.39 is 10.0 Å². The lowest BCUT2D eigenvalue weighted by Crippen LogP contribution is -2.21. The number of rotatable bonds is 4. The van der Waals surface area contributed by atoms with Gasteiger partial charge in [0.15, 0.2) is 0 Å². The molecule has 1 heterocycles. The maximum Gasteiger partial charge on any atom is 0.278 e. The van der Waals surface area contributed by atoms with Crippen LogP contribution in [-0.4, -0.2) is 8.42 Å². The SMILES string of the molecule is O=S(=O)(c1ccccc1)N(Cl)c1cscc1-c1ccccc1Cl. The van der Waals surface area contributed by atoms with Crippen molar-refractivity contribution in [3.63, 3.8) is 0 Å². The van der Waals surface area contributed by atoms with Gasteiger partial charge in [0, 0.05) is 38.7 Å². The van der Waals surface area contributed by atoms with Crippen LogP contribution >= 0.6 is 34.7 Å². The molecule has 0 bridgehead atoms. The maximum absolute atomic E-state index is 12.7. The van der Waals surface area contributed by atoms with Gasteiger partial charge in [0.25, 0.3) is 10.0 Å². The summed E-state index contributed by atoms with van der Waals surface area (Å²) in [5, 5.41) is 4.05. The standard InChI is InChI=1S/C16H11Cl2NO2S2/c17-15-9-5-4-8-13(15)14-10-22-11-16(14)19(18)23(20,21)12-6-2-1-3-7-12/h1-11H. The van der Waals surface area contributed by atoms with Crippen molar-refractivity contribution < 1.29 is 8.42 Å². The normalized spacial score (nSPS) is 11.4. The lowest BCUT2D eigenvalue weighted by molar-refractivity contribution is 0.598. The number of anilines is 1. The Kier molecular flexibility index (Phi) is 4.64. The zero-order valence-corrected chi connectivity index (χ0v) is 14.8. The van der Waals surface area contributed by atoms with Crippen LogP contribution in [0.15, 0.2) is 70.3 Å². The van der Waals surface area contributed by atoms with Crippen LogP contribution in [0.2, 0.25) is 5.02 Å². The van der Waals surface area contributed by atoms with Crippen LogP contribution in [-0.2, 0) is 10.0 Å². The minimum Gasteiger partial charge on any atom is -0.200 e. The Balaban J connectivity index is 2.08. The van der Waals surface area contributed by atoms with Crippen LogP contribution < -0.4 is 3.82 Å². The molecule has 1 aromatic heterocycles. The first kappa shape index (κ1) is 16.3. The zero-order chi connectivity index (χ0) is 16.4. The topological polar surface area (TPSA) is 37.4 Å². The fourth-order valence-electron chi connectivity index (χ4n) is 2.12. The third kappa shape index (κ3) is 3.10. The Bertz CT molecular complexity index is 924. The van der Waals surface area contributed by atoms with Crippen molar-refractivity contribution in [2.45, 2.75) is 4.90 Å². The van der Waals surface area contributed by atoms with E-state index in [9.17, 15) is 8.42 Å². The summed E-state index contributed by atoms with van der Waals surface area (Å²) < 4.78 is 26.1. The first-order chi connectivity index (χ1) is 11.0. The van der Waals surface area contributed by atoms with Crippen LogP contribution in [0.3, 0.4) is 0 Å². The fourth-order valence-corrected chi connectivity index (χ4v) is 4.77. The molecule has 0 amide bonds. The number of hydrogen-bond acceptors (Lipinski definition) is 3. The molecule has 0 fully saturated rings. The smallest absolute Gasteiger partial charge is 0.200 e. The number of benzene rings is 2. The molecule has 3 nitrogen and oxygen atoms in total. The maximum atomic E-state index is 12.7. The first-order valence-electron chi connectivity index (χ1n) is 6.59. The summed E-state index contributed by atoms with van der Waals surface area (Å²) in [5.41, 5.74) is 1.79. The molecule has 118 valence electrons. The number of nitrogens with zero attached hydrogens (tertiary/aromatic N) is 1. The predicted molar refractivity (Wildman–Crippen MR) is 96.7 cm³/mol. The molecule has 0 saturated heterocycles. The van der Waals surface area contributed by atoms with E-state index in [0.717, 1.165) is 9.39 Å². The third-order valence-corrected chi connectivity index (χ3v) is 6.52. The first-order valence-corrected chi connectivity index (χ1v) is 9.69. The van der Waals surface area contributed by atoms with Gasteiger partial charge in [0.1, 0.15) is 0 Å². The van der Waals surface area contributed by atoms with Gasteiger partial charge in [-0.1, -0.05) is 48.0 Å². The molecule has 0 atom stereocenters. The molecular formula is C16H11Cl2NO2S2. The summed E-state index contributed by atoms with van der Waals surface area (Å²) in [6.07, 6.45) is 0. The van der Waals surface area contributed by atoms with E-state index in [0.29, 0.717) is 16.3 Å². The molecule has 0 aliphatic carbocycles. The van der Waals surface area contributed by atoms with Crippen LogP contribution in [0.4, 0.5) is 5.69 Å². The molecule has 3 rings (SSSR count). The fraction of sp³-hybridized carbons (Fsp3) is 0. The van der Waals surface area contributed by atoms with E-state index in [2.05, 4.69) is 0 Å². The highest BCUT2D eigenvalue weighted by Crippen LogP contribution is 2.40. The highest BCUT2D eigenvalue weighted by Gasteiger charge is 2.26. The van der Waals surface area contributed by atoms with Crippen molar-refractivity contribution in [3.8, 4) is 11.1 Å². The van der Waals surface area contributed by atoms with Crippen molar-refractivity contribution >= 4 is 50.4 Å². The molecule has 23 heavy (non-hydrogen) atoms. The molecule has 7 heteroatoms. The van der Waals surface area contributed by atoms with E-state index in [4.69, 9.17) is 23.4 Å². The summed E-state index contributed by atoms with van der Waals surface area (Å²) in [5.74, 6) is 0. The molecule has 0 radical (unpaired) electrons. The van der Waals surface area contributed by atoms with Crippen LogP contribution in [0.1, 0.15) is 0 Å². The molecule has 0 aliphatic heterocycles. The lowest BCUT2D eigenvalue weighted by atomic mass is 10.1. The molecule has 2 aromatic carbocycles. The second-order valence-corrected chi connectivity index (χ2v) is 8.16. The quantitative estimate of drug-likeness (QED) is 0.564. The van der Waals surface area contributed by atoms with Crippen LogP contribution in [0.5, 0.6) is 0 Å². The summed E-state index contributed by atoms with van der Waals surface area (Å²) in [6.45, 7) is 0. The van der Waals surface area contributed by atoms with E-state index in [1.54, 1.807) is 29.6 Å². The second kappa shape index (κ2) is 6.53. The van der Waals surface area contributed by atoms with E-state index >= 15 is 0 Å². The Morgan fingerprint density at radius 2 is 1.52 bits per heavy atom. The molecule has 0 unspecified atom stereocenters. The van der Waals surface area contributed by atoms with Crippen molar-refractivity contribution in [2.75, 3.05) is 3.82 Å². The summed E-state index contributed by atoms with van der Waals surface area (Å²) >= 11 is 13.8. The van der Waals surface area contributed by atoms with Gasteiger partial charge in [-0.15, -0.1) is 11.3 Å². The molecular weight excluding hydrogens is 373 g/mol. The highest BCUT2D eigenvalue weighted by atomic mass is 35.5. The van der Waals surface area contributed by atoms with E-state index in [1.807, 2.05) is 23.6 Å². The number of halogens is 2. The van der Waals surface area contributed by atoms with Gasteiger partial charge in [0.05, 0.1) is 10.6 Å². The average molecular weight is 384 g/mol. The number of sulfonamides is 1. The Morgan fingerprint density at radius 1 is 0.870 bits per heavy atom. The molecule has 0 saturated carbocycles. The van der Waals surface area contributed by atoms with E-state index in [-0.39, 0.29) is 4.90 Å². The summed E-state index contributed by atoms with van der Waals surface area (Å²) in [7, 11) is -3.84. The monoisotopic (exact) mass is 383 g/mol. The molecule has 0 N–H and O–H groups in total. The van der Waals surface area contributed by atoms with Crippen molar-refractivity contribution in [2.24, 2.45) is 0 Å². The minimum absolute atomic E-state index is 0.131. The zero-order valence-electron chi connectivity index (χ0n) is 11.7. The molecule has 0 spiro atoms. The Hall–Kier alpha value is -1.53. The van der Waals surface area contributed by atoms with Gasteiger partial charge < -0.3 is 0 Å².